The first-order chi connectivity index (χ1) is 8.49. The topological polar surface area (TPSA) is 55.1 Å². The Kier molecular flexibility index (Phi) is 7.34. The monoisotopic (exact) mass is 308 g/mol. The molecule has 3 nitrogen and oxygen atoms in total. The molecule has 1 amide bonds. The minimum Gasteiger partial charge on any atom is -0.329 e. The second-order valence-corrected chi connectivity index (χ2v) is 4.68. The van der Waals surface area contributed by atoms with Crippen LogP contribution in [0.3, 0.4) is 0 Å². The van der Waals surface area contributed by atoms with Crippen molar-refractivity contribution >= 4 is 35.6 Å². The van der Waals surface area contributed by atoms with Crippen LogP contribution in [0.5, 0.6) is 0 Å². The number of hydrogen-bond donors (Lipinski definition) is 2. The second kappa shape index (κ2) is 7.68. The number of benzene rings is 1. The molecule has 0 heterocycles. The number of rotatable bonds is 5. The van der Waals surface area contributed by atoms with Gasteiger partial charge < -0.3 is 11.1 Å². The lowest BCUT2D eigenvalue weighted by Gasteiger charge is -2.28. The number of anilines is 1. The Morgan fingerprint density at radius 2 is 2.00 bits per heavy atom. The molecule has 0 aliphatic heterocycles. The Balaban J connectivity index is 0.00000324. The molecule has 108 valence electrons. The summed E-state index contributed by atoms with van der Waals surface area (Å²) in [6, 6.07) is 4.09. The largest absolute Gasteiger partial charge is 0.329 e. The average molecular weight is 309 g/mol. The molecular formula is C13H19Cl2FN2O. The van der Waals surface area contributed by atoms with Gasteiger partial charge in [0.05, 0.1) is 10.4 Å². The molecule has 1 aromatic carbocycles. The van der Waals surface area contributed by atoms with Gasteiger partial charge in [0.1, 0.15) is 5.82 Å². The highest BCUT2D eigenvalue weighted by atomic mass is 35.5. The molecule has 19 heavy (non-hydrogen) atoms. The summed E-state index contributed by atoms with van der Waals surface area (Å²) in [5.41, 5.74) is 5.59. The number of amides is 1. The van der Waals surface area contributed by atoms with E-state index in [2.05, 4.69) is 5.32 Å². The van der Waals surface area contributed by atoms with Crippen molar-refractivity contribution in [1.29, 1.82) is 0 Å². The normalized spacial score (nSPS) is 10.8. The fraction of sp³-hybridized carbons (Fsp3) is 0.462. The van der Waals surface area contributed by atoms with Gasteiger partial charge in [-0.3, -0.25) is 4.79 Å². The zero-order valence-electron chi connectivity index (χ0n) is 11.0. The number of halogens is 3. The van der Waals surface area contributed by atoms with E-state index in [4.69, 9.17) is 17.3 Å². The predicted molar refractivity (Wildman–Crippen MR) is 79.4 cm³/mol. The minimum atomic E-state index is -0.582. The van der Waals surface area contributed by atoms with Gasteiger partial charge in [0.25, 0.3) is 0 Å². The second-order valence-electron chi connectivity index (χ2n) is 4.27. The van der Waals surface area contributed by atoms with E-state index < -0.39 is 11.2 Å². The molecule has 3 N–H and O–H groups in total. The molecule has 0 unspecified atom stereocenters. The lowest BCUT2D eigenvalue weighted by Crippen LogP contribution is -2.41. The Bertz CT molecular complexity index is 428. The van der Waals surface area contributed by atoms with Crippen molar-refractivity contribution < 1.29 is 9.18 Å². The van der Waals surface area contributed by atoms with Gasteiger partial charge in [0.2, 0.25) is 5.91 Å². The van der Waals surface area contributed by atoms with Crippen LogP contribution in [0.1, 0.15) is 26.7 Å². The molecular weight excluding hydrogens is 290 g/mol. The quantitative estimate of drug-likeness (QED) is 0.873. The highest BCUT2D eigenvalue weighted by Gasteiger charge is 2.33. The van der Waals surface area contributed by atoms with Crippen molar-refractivity contribution in [2.24, 2.45) is 11.1 Å². The molecule has 1 rings (SSSR count). The smallest absolute Gasteiger partial charge is 0.231 e. The molecule has 1 aromatic rings. The van der Waals surface area contributed by atoms with Gasteiger partial charge in [-0.15, -0.1) is 12.4 Å². The van der Waals surface area contributed by atoms with E-state index in [1.54, 1.807) is 0 Å². The van der Waals surface area contributed by atoms with Gasteiger partial charge >= 0.3 is 0 Å². The number of carbonyl (C=O) groups is 1. The van der Waals surface area contributed by atoms with Crippen LogP contribution in [0.4, 0.5) is 10.1 Å². The molecule has 0 aliphatic rings. The van der Waals surface area contributed by atoms with Crippen molar-refractivity contribution in [3.05, 3.63) is 29.0 Å². The highest BCUT2D eigenvalue weighted by molar-refractivity contribution is 6.31. The molecule has 0 aliphatic carbocycles. The SMILES string of the molecule is CCC(CC)(CN)C(=O)Nc1ccc(F)c(Cl)c1.Cl. The number of hydrogen-bond acceptors (Lipinski definition) is 2. The maximum Gasteiger partial charge on any atom is 0.231 e. The van der Waals surface area contributed by atoms with E-state index in [0.717, 1.165) is 0 Å². The van der Waals surface area contributed by atoms with Crippen LogP contribution in [-0.2, 0) is 4.79 Å². The van der Waals surface area contributed by atoms with E-state index in [1.165, 1.54) is 18.2 Å². The van der Waals surface area contributed by atoms with Gasteiger partial charge in [-0.25, -0.2) is 4.39 Å². The predicted octanol–water partition coefficient (Wildman–Crippen LogP) is 3.60. The van der Waals surface area contributed by atoms with Gasteiger partial charge in [0, 0.05) is 12.2 Å². The molecule has 0 spiro atoms. The van der Waals surface area contributed by atoms with Crippen LogP contribution >= 0.6 is 24.0 Å². The van der Waals surface area contributed by atoms with E-state index in [0.29, 0.717) is 18.5 Å². The van der Waals surface area contributed by atoms with Crippen LogP contribution in [0.25, 0.3) is 0 Å². The first kappa shape index (κ1) is 18.2. The van der Waals surface area contributed by atoms with Crippen LogP contribution in [-0.4, -0.2) is 12.5 Å². The summed E-state index contributed by atoms with van der Waals surface area (Å²) in [6.07, 6.45) is 1.31. The van der Waals surface area contributed by atoms with Crippen molar-refractivity contribution in [2.75, 3.05) is 11.9 Å². The summed E-state index contributed by atoms with van der Waals surface area (Å²) < 4.78 is 13.0. The Morgan fingerprint density at radius 1 is 1.42 bits per heavy atom. The van der Waals surface area contributed by atoms with E-state index in [9.17, 15) is 9.18 Å². The van der Waals surface area contributed by atoms with Crippen molar-refractivity contribution in [3.8, 4) is 0 Å². The Hall–Kier alpha value is -0.840. The molecule has 0 atom stereocenters. The maximum atomic E-state index is 13.0. The van der Waals surface area contributed by atoms with Crippen molar-refractivity contribution in [2.45, 2.75) is 26.7 Å². The first-order valence-corrected chi connectivity index (χ1v) is 6.33. The molecule has 0 bridgehead atoms. The number of carbonyl (C=O) groups excluding carboxylic acids is 1. The summed E-state index contributed by atoms with van der Waals surface area (Å²) in [5, 5.41) is 2.72. The minimum absolute atomic E-state index is 0. The van der Waals surface area contributed by atoms with Gasteiger partial charge in [-0.2, -0.15) is 0 Å². The van der Waals surface area contributed by atoms with E-state index in [-0.39, 0.29) is 29.9 Å². The fourth-order valence-corrected chi connectivity index (χ4v) is 1.97. The van der Waals surface area contributed by atoms with Crippen LogP contribution in [0.15, 0.2) is 18.2 Å². The van der Waals surface area contributed by atoms with E-state index >= 15 is 0 Å². The van der Waals surface area contributed by atoms with E-state index in [1.807, 2.05) is 13.8 Å². The van der Waals surface area contributed by atoms with Crippen molar-refractivity contribution in [3.63, 3.8) is 0 Å². The summed E-state index contributed by atoms with van der Waals surface area (Å²) in [7, 11) is 0. The van der Waals surface area contributed by atoms with Crippen LogP contribution in [0.2, 0.25) is 5.02 Å². The number of nitrogens with one attached hydrogen (secondary N) is 1. The third-order valence-corrected chi connectivity index (χ3v) is 3.69. The first-order valence-electron chi connectivity index (χ1n) is 5.95. The third-order valence-electron chi connectivity index (χ3n) is 3.40. The maximum absolute atomic E-state index is 13.0. The van der Waals surface area contributed by atoms with Crippen molar-refractivity contribution in [1.82, 2.24) is 0 Å². The molecule has 0 fully saturated rings. The summed E-state index contributed by atoms with van der Waals surface area (Å²) in [6.45, 7) is 4.13. The lowest BCUT2D eigenvalue weighted by atomic mass is 9.81. The fourth-order valence-electron chi connectivity index (χ4n) is 1.79. The lowest BCUT2D eigenvalue weighted by molar-refractivity contribution is -0.125. The summed E-state index contributed by atoms with van der Waals surface area (Å²) >= 11 is 5.66. The molecule has 0 saturated carbocycles. The molecule has 0 radical (unpaired) electrons. The van der Waals surface area contributed by atoms with Gasteiger partial charge in [-0.1, -0.05) is 25.4 Å². The third kappa shape index (κ3) is 4.06. The van der Waals surface area contributed by atoms with Crippen LogP contribution in [0, 0.1) is 11.2 Å². The molecule has 0 saturated heterocycles. The molecule has 6 heteroatoms. The van der Waals surface area contributed by atoms with Crippen LogP contribution < -0.4 is 11.1 Å². The van der Waals surface area contributed by atoms with Gasteiger partial charge in [-0.05, 0) is 31.0 Å². The molecule has 0 aromatic heterocycles. The Labute approximate surface area is 124 Å². The summed E-state index contributed by atoms with van der Waals surface area (Å²) in [5.74, 6) is -0.664. The number of nitrogens with two attached hydrogens (primary N) is 1. The standard InChI is InChI=1S/C13H18ClFN2O.ClH/c1-3-13(4-2,8-16)12(18)17-9-5-6-11(15)10(14)7-9;/h5-7H,3-4,8,16H2,1-2H3,(H,17,18);1H. The zero-order chi connectivity index (χ0) is 13.8. The summed E-state index contributed by atoms with van der Waals surface area (Å²) in [4.78, 5) is 12.2. The Morgan fingerprint density at radius 3 is 2.42 bits per heavy atom. The zero-order valence-corrected chi connectivity index (χ0v) is 12.6. The van der Waals surface area contributed by atoms with Gasteiger partial charge in [0.15, 0.2) is 0 Å². The average Bonchev–Trinajstić information content (AvgIpc) is 2.37. The highest BCUT2D eigenvalue weighted by Crippen LogP contribution is 2.28.